The molecule has 0 unspecified atom stereocenters. The number of amides is 1. The van der Waals surface area contributed by atoms with Crippen LogP contribution in [-0.4, -0.2) is 69.2 Å². The van der Waals surface area contributed by atoms with Crippen LogP contribution < -0.4 is 25.2 Å². The zero-order valence-electron chi connectivity index (χ0n) is 25.0. The summed E-state index contributed by atoms with van der Waals surface area (Å²) in [5.41, 5.74) is 2.73. The molecule has 1 aliphatic rings. The number of methoxy groups -OCH3 is 3. The summed E-state index contributed by atoms with van der Waals surface area (Å²) in [5, 5.41) is 12.8. The normalized spacial score (nSPS) is 14.7. The monoisotopic (exact) mass is 597 g/mol. The molecule has 0 saturated carbocycles. The van der Waals surface area contributed by atoms with Crippen LogP contribution >= 0.6 is 0 Å². The second-order valence-corrected chi connectivity index (χ2v) is 10.4. The summed E-state index contributed by atoms with van der Waals surface area (Å²) < 4.78 is 23.5. The molecule has 228 valence electrons. The Morgan fingerprint density at radius 2 is 1.91 bits per heavy atom. The first kappa shape index (κ1) is 30.5. The summed E-state index contributed by atoms with van der Waals surface area (Å²) >= 11 is 0. The maximum absolute atomic E-state index is 13.9. The Morgan fingerprint density at radius 1 is 1.09 bits per heavy atom. The van der Waals surface area contributed by atoms with Crippen molar-refractivity contribution in [3.63, 3.8) is 0 Å². The third-order valence-corrected chi connectivity index (χ3v) is 7.65. The summed E-state index contributed by atoms with van der Waals surface area (Å²) in [7, 11) is 4.81. The van der Waals surface area contributed by atoms with E-state index in [2.05, 4.69) is 16.3 Å². The smallest absolute Gasteiger partial charge is 0.261 e. The lowest BCUT2D eigenvalue weighted by Crippen LogP contribution is -2.44. The van der Waals surface area contributed by atoms with Crippen LogP contribution in [0.5, 0.6) is 11.5 Å². The number of nitrogens with one attached hydrogen (secondary N) is 1. The Balaban J connectivity index is 1.48. The number of nitrogens with zero attached hydrogens (tertiary/aromatic N) is 4. The van der Waals surface area contributed by atoms with Crippen molar-refractivity contribution >= 4 is 22.5 Å². The van der Waals surface area contributed by atoms with Gasteiger partial charge in [-0.15, -0.1) is 0 Å². The molecule has 1 N–H and O–H groups in total. The summed E-state index contributed by atoms with van der Waals surface area (Å²) in [6.45, 7) is 2.73. The van der Waals surface area contributed by atoms with Gasteiger partial charge in [-0.1, -0.05) is 18.2 Å². The van der Waals surface area contributed by atoms with Crippen LogP contribution in [-0.2, 0) is 29.0 Å². The number of carbonyl (C=O) groups is 1. The highest BCUT2D eigenvalue weighted by Crippen LogP contribution is 2.28. The third kappa shape index (κ3) is 6.67. The molecule has 44 heavy (non-hydrogen) atoms. The Morgan fingerprint density at radius 3 is 2.68 bits per heavy atom. The average Bonchev–Trinajstić information content (AvgIpc) is 3.06. The third-order valence-electron chi connectivity index (χ3n) is 7.65. The molecule has 1 fully saturated rings. The second-order valence-electron chi connectivity index (χ2n) is 10.4. The first-order valence-electron chi connectivity index (χ1n) is 14.3. The van der Waals surface area contributed by atoms with Crippen LogP contribution in [0.15, 0.2) is 65.5 Å². The molecule has 0 spiro atoms. The Hall–Kier alpha value is -4.92. The quantitative estimate of drug-likeness (QED) is 0.277. The fourth-order valence-corrected chi connectivity index (χ4v) is 5.37. The van der Waals surface area contributed by atoms with Crippen molar-refractivity contribution in [1.82, 2.24) is 14.9 Å². The van der Waals surface area contributed by atoms with Gasteiger partial charge in [-0.2, -0.15) is 5.26 Å². The van der Waals surface area contributed by atoms with Gasteiger partial charge in [0.2, 0.25) is 0 Å². The lowest BCUT2D eigenvalue weighted by molar-refractivity contribution is -0.0100. The van der Waals surface area contributed by atoms with Gasteiger partial charge in [0, 0.05) is 32.4 Å². The lowest BCUT2D eigenvalue weighted by atomic mass is 10.1. The summed E-state index contributed by atoms with van der Waals surface area (Å²) in [4.78, 5) is 34.1. The number of aryl methyl sites for hydroxylation is 1. The molecule has 1 atom stereocenters. The largest absolute Gasteiger partial charge is 0.493 e. The Labute approximate surface area is 255 Å². The van der Waals surface area contributed by atoms with E-state index >= 15 is 0 Å². The van der Waals surface area contributed by atoms with Crippen molar-refractivity contribution in [2.75, 3.05) is 52.5 Å². The van der Waals surface area contributed by atoms with E-state index in [1.54, 1.807) is 56.2 Å². The van der Waals surface area contributed by atoms with Gasteiger partial charge in [-0.3, -0.25) is 14.2 Å². The molecular formula is C33H35N5O6. The van der Waals surface area contributed by atoms with E-state index in [4.69, 9.17) is 23.9 Å². The first-order chi connectivity index (χ1) is 21.4. The van der Waals surface area contributed by atoms with Crippen LogP contribution in [0.2, 0.25) is 0 Å². The van der Waals surface area contributed by atoms with Crippen molar-refractivity contribution in [3.8, 4) is 17.6 Å². The standard InChI is InChI=1S/C33H35N5O6/c1-41-21-25-20-37(14-15-44-25)24-9-10-27-28(17-24)36-31(19-35-32(39)26-7-5-4-6-23(26)18-34)38(33(27)40)13-12-22-8-11-29(42-2)30(16-22)43-3/h4-11,16-17,25H,12-15,19-21H2,1-3H3,(H,35,39)/t25-/m1/s1. The molecule has 11 nitrogen and oxygen atoms in total. The molecule has 0 bridgehead atoms. The minimum absolute atomic E-state index is 0.00654. The highest BCUT2D eigenvalue weighted by atomic mass is 16.5. The SMILES string of the molecule is COC[C@H]1CN(c2ccc3c(=O)n(CCc4ccc(OC)c(OC)c4)c(CNC(=O)c4ccccc4C#N)nc3c2)CCO1. The van der Waals surface area contributed by atoms with Gasteiger partial charge in [0.15, 0.2) is 11.5 Å². The van der Waals surface area contributed by atoms with Crippen LogP contribution in [0.3, 0.4) is 0 Å². The zero-order chi connectivity index (χ0) is 31.1. The predicted octanol–water partition coefficient (Wildman–Crippen LogP) is 3.31. The molecule has 0 aliphatic carbocycles. The first-order valence-corrected chi connectivity index (χ1v) is 14.3. The van der Waals surface area contributed by atoms with Crippen LogP contribution in [0.1, 0.15) is 27.3 Å². The maximum atomic E-state index is 13.9. The van der Waals surface area contributed by atoms with E-state index in [1.807, 2.05) is 30.3 Å². The molecule has 2 heterocycles. The predicted molar refractivity (Wildman–Crippen MR) is 165 cm³/mol. The molecule has 1 aromatic heterocycles. The van der Waals surface area contributed by atoms with E-state index in [-0.39, 0.29) is 29.3 Å². The van der Waals surface area contributed by atoms with E-state index in [0.29, 0.717) is 67.5 Å². The average molecular weight is 598 g/mol. The van der Waals surface area contributed by atoms with Gasteiger partial charge in [0.25, 0.3) is 11.5 Å². The molecule has 3 aromatic carbocycles. The van der Waals surface area contributed by atoms with Gasteiger partial charge in [-0.25, -0.2) is 4.98 Å². The number of anilines is 1. The molecule has 1 aliphatic heterocycles. The fraction of sp³-hybridized carbons (Fsp3) is 0.333. The van der Waals surface area contributed by atoms with Crippen LogP contribution in [0.25, 0.3) is 10.9 Å². The van der Waals surface area contributed by atoms with Crippen molar-refractivity contribution in [3.05, 3.63) is 93.5 Å². The number of morpholine rings is 1. The van der Waals surface area contributed by atoms with Gasteiger partial charge in [0.1, 0.15) is 5.82 Å². The second kappa shape index (κ2) is 14.0. The number of aromatic nitrogens is 2. The van der Waals surface area contributed by atoms with Crippen molar-refractivity contribution in [2.24, 2.45) is 0 Å². The van der Waals surface area contributed by atoms with Gasteiger partial charge >= 0.3 is 0 Å². The molecular weight excluding hydrogens is 562 g/mol. The number of carbonyl (C=O) groups excluding carboxylic acids is 1. The number of benzene rings is 3. The fourth-order valence-electron chi connectivity index (χ4n) is 5.37. The molecule has 11 heteroatoms. The minimum atomic E-state index is -0.422. The number of fused-ring (bicyclic) bond motifs is 1. The van der Waals surface area contributed by atoms with Crippen molar-refractivity contribution < 1.29 is 23.7 Å². The Kier molecular flexibility index (Phi) is 9.74. The van der Waals surface area contributed by atoms with E-state index in [9.17, 15) is 14.9 Å². The van der Waals surface area contributed by atoms with E-state index in [1.165, 1.54) is 0 Å². The number of hydrogen-bond acceptors (Lipinski definition) is 9. The number of hydrogen-bond donors (Lipinski definition) is 1. The van der Waals surface area contributed by atoms with Gasteiger partial charge < -0.3 is 29.2 Å². The van der Waals surface area contributed by atoms with Gasteiger partial charge in [0.05, 0.1) is 68.2 Å². The van der Waals surface area contributed by atoms with Gasteiger partial charge in [-0.05, 0) is 54.4 Å². The summed E-state index contributed by atoms with van der Waals surface area (Å²) in [6.07, 6.45) is 0.461. The summed E-state index contributed by atoms with van der Waals surface area (Å²) in [5.74, 6) is 1.20. The summed E-state index contributed by atoms with van der Waals surface area (Å²) in [6, 6.07) is 19.9. The number of nitriles is 1. The molecule has 1 amide bonds. The van der Waals surface area contributed by atoms with Crippen LogP contribution in [0.4, 0.5) is 5.69 Å². The number of rotatable bonds is 11. The molecule has 5 rings (SSSR count). The zero-order valence-corrected chi connectivity index (χ0v) is 25.0. The molecule has 0 radical (unpaired) electrons. The molecule has 1 saturated heterocycles. The topological polar surface area (TPSA) is 128 Å². The highest BCUT2D eigenvalue weighted by Gasteiger charge is 2.22. The number of ether oxygens (including phenoxy) is 4. The highest BCUT2D eigenvalue weighted by molar-refractivity contribution is 5.96. The molecule has 4 aromatic rings. The van der Waals surface area contributed by atoms with Crippen LogP contribution in [0, 0.1) is 11.3 Å². The van der Waals surface area contributed by atoms with Crippen molar-refractivity contribution in [1.29, 1.82) is 5.26 Å². The van der Waals surface area contributed by atoms with E-state index < -0.39 is 5.91 Å². The maximum Gasteiger partial charge on any atom is 0.261 e. The van der Waals surface area contributed by atoms with E-state index in [0.717, 1.165) is 11.3 Å². The lowest BCUT2D eigenvalue weighted by Gasteiger charge is -2.34. The Bertz CT molecular complexity index is 1750. The minimum Gasteiger partial charge on any atom is -0.493 e. The van der Waals surface area contributed by atoms with Crippen molar-refractivity contribution in [2.45, 2.75) is 25.6 Å².